The largest absolute Gasteiger partial charge is 0.483 e. The molecule has 0 radical (unpaired) electrons. The molecule has 1 saturated carbocycles. The zero-order chi connectivity index (χ0) is 20.5. The molecule has 5 nitrogen and oxygen atoms in total. The summed E-state index contributed by atoms with van der Waals surface area (Å²) in [6.07, 6.45) is 3.63. The van der Waals surface area contributed by atoms with Crippen LogP contribution in [0.15, 0.2) is 35.6 Å². The number of halogens is 1. The fourth-order valence-electron chi connectivity index (χ4n) is 4.94. The Balaban J connectivity index is 1.71. The van der Waals surface area contributed by atoms with Gasteiger partial charge in [0.1, 0.15) is 6.10 Å². The number of ketones is 1. The molecular weight excluding hydrogens is 388 g/mol. The topological polar surface area (TPSA) is 49.9 Å². The summed E-state index contributed by atoms with van der Waals surface area (Å²) in [5.41, 5.74) is 1.42. The Bertz CT molecular complexity index is 833. The third-order valence-corrected chi connectivity index (χ3v) is 6.81. The van der Waals surface area contributed by atoms with Crippen molar-refractivity contribution in [3.8, 4) is 0 Å². The van der Waals surface area contributed by atoms with Gasteiger partial charge in [-0.2, -0.15) is 0 Å². The van der Waals surface area contributed by atoms with E-state index in [0.717, 1.165) is 50.9 Å². The maximum absolute atomic E-state index is 13.5. The lowest BCUT2D eigenvalue weighted by molar-refractivity contribution is -0.135. The highest BCUT2D eigenvalue weighted by molar-refractivity contribution is 6.30. The van der Waals surface area contributed by atoms with Crippen LogP contribution in [0.4, 0.5) is 0 Å². The summed E-state index contributed by atoms with van der Waals surface area (Å²) in [5, 5.41) is 0.604. The van der Waals surface area contributed by atoms with Gasteiger partial charge in [0.25, 0.3) is 5.91 Å². The average molecular weight is 417 g/mol. The molecule has 2 heterocycles. The Morgan fingerprint density at radius 1 is 1.17 bits per heavy atom. The SMILES string of the molecule is CCN(CC)CCN1C(=O)C2=C(C(=O)C3CCCCC3O2)C1c1cccc(Cl)c1. The highest BCUT2D eigenvalue weighted by Crippen LogP contribution is 2.46. The molecule has 0 N–H and O–H groups in total. The number of Topliss-reactive ketones (excluding diaryl/α,β-unsaturated/α-hetero) is 1. The van der Waals surface area contributed by atoms with Gasteiger partial charge in [-0.05, 0) is 50.0 Å². The number of rotatable bonds is 6. The lowest BCUT2D eigenvalue weighted by Crippen LogP contribution is -2.39. The lowest BCUT2D eigenvalue weighted by atomic mass is 9.77. The van der Waals surface area contributed by atoms with Crippen LogP contribution < -0.4 is 0 Å². The zero-order valence-electron chi connectivity index (χ0n) is 17.2. The monoisotopic (exact) mass is 416 g/mol. The van der Waals surface area contributed by atoms with E-state index in [-0.39, 0.29) is 29.5 Å². The van der Waals surface area contributed by atoms with Gasteiger partial charge in [0, 0.05) is 18.1 Å². The van der Waals surface area contributed by atoms with Crippen molar-refractivity contribution < 1.29 is 14.3 Å². The van der Waals surface area contributed by atoms with Crippen LogP contribution in [0.1, 0.15) is 51.1 Å². The molecule has 1 aliphatic carbocycles. The van der Waals surface area contributed by atoms with Crippen molar-refractivity contribution in [3.63, 3.8) is 0 Å². The second kappa shape index (κ2) is 8.49. The number of amides is 1. The third-order valence-electron chi connectivity index (χ3n) is 6.57. The van der Waals surface area contributed by atoms with E-state index < -0.39 is 6.04 Å². The Kier molecular flexibility index (Phi) is 5.98. The van der Waals surface area contributed by atoms with Gasteiger partial charge in [0.2, 0.25) is 0 Å². The van der Waals surface area contributed by atoms with Gasteiger partial charge >= 0.3 is 0 Å². The van der Waals surface area contributed by atoms with Crippen LogP contribution in [-0.2, 0) is 14.3 Å². The van der Waals surface area contributed by atoms with Crippen molar-refractivity contribution >= 4 is 23.3 Å². The Morgan fingerprint density at radius 3 is 2.66 bits per heavy atom. The van der Waals surface area contributed by atoms with Crippen LogP contribution in [0.2, 0.25) is 5.02 Å². The van der Waals surface area contributed by atoms with E-state index in [1.54, 1.807) is 0 Å². The minimum atomic E-state index is -0.415. The Morgan fingerprint density at radius 2 is 1.93 bits per heavy atom. The number of fused-ring (bicyclic) bond motifs is 1. The molecule has 0 saturated heterocycles. The van der Waals surface area contributed by atoms with Crippen molar-refractivity contribution in [3.05, 3.63) is 46.2 Å². The number of likely N-dealkylation sites (N-methyl/N-ethyl adjacent to an activating group) is 1. The number of hydrogen-bond donors (Lipinski definition) is 0. The molecule has 3 atom stereocenters. The molecule has 1 aromatic rings. The van der Waals surface area contributed by atoms with Crippen molar-refractivity contribution in [2.45, 2.75) is 51.7 Å². The van der Waals surface area contributed by atoms with Gasteiger partial charge in [0.15, 0.2) is 11.5 Å². The van der Waals surface area contributed by atoms with E-state index in [1.807, 2.05) is 29.2 Å². The molecule has 0 spiro atoms. The predicted molar refractivity (Wildman–Crippen MR) is 113 cm³/mol. The number of ether oxygens (including phenoxy) is 1. The van der Waals surface area contributed by atoms with Crippen molar-refractivity contribution in [1.29, 1.82) is 0 Å². The summed E-state index contributed by atoms with van der Waals surface area (Å²) in [4.78, 5) is 30.9. The fraction of sp³-hybridized carbons (Fsp3) is 0.565. The Hall–Kier alpha value is -1.85. The maximum atomic E-state index is 13.5. The van der Waals surface area contributed by atoms with E-state index in [9.17, 15) is 9.59 Å². The molecule has 0 bridgehead atoms. The minimum Gasteiger partial charge on any atom is -0.483 e. The van der Waals surface area contributed by atoms with Crippen LogP contribution in [-0.4, -0.2) is 53.8 Å². The molecule has 0 aromatic heterocycles. The van der Waals surface area contributed by atoms with Crippen molar-refractivity contribution in [2.24, 2.45) is 5.92 Å². The molecule has 1 fully saturated rings. The summed E-state index contributed by atoms with van der Waals surface area (Å²) in [5.74, 6) is 0.0940. The molecule has 156 valence electrons. The van der Waals surface area contributed by atoms with Gasteiger partial charge in [-0.15, -0.1) is 0 Å². The van der Waals surface area contributed by atoms with Crippen LogP contribution in [0, 0.1) is 5.92 Å². The number of hydrogen-bond acceptors (Lipinski definition) is 4. The first-order valence-electron chi connectivity index (χ1n) is 10.8. The van der Waals surface area contributed by atoms with Crippen LogP contribution in [0.5, 0.6) is 0 Å². The predicted octanol–water partition coefficient (Wildman–Crippen LogP) is 3.98. The number of nitrogens with zero attached hydrogens (tertiary/aromatic N) is 2. The smallest absolute Gasteiger partial charge is 0.290 e. The molecule has 3 aliphatic rings. The minimum absolute atomic E-state index is 0.0969. The average Bonchev–Trinajstić information content (AvgIpc) is 3.01. The molecular formula is C23H29ClN2O3. The molecule has 29 heavy (non-hydrogen) atoms. The van der Waals surface area contributed by atoms with Gasteiger partial charge in [-0.1, -0.05) is 44.0 Å². The number of benzene rings is 1. The summed E-state index contributed by atoms with van der Waals surface area (Å²) in [7, 11) is 0. The first-order valence-corrected chi connectivity index (χ1v) is 11.2. The Labute approximate surface area is 177 Å². The van der Waals surface area contributed by atoms with E-state index in [0.29, 0.717) is 17.1 Å². The van der Waals surface area contributed by atoms with Crippen molar-refractivity contribution in [1.82, 2.24) is 9.80 Å². The molecule has 6 heteroatoms. The zero-order valence-corrected chi connectivity index (χ0v) is 18.0. The maximum Gasteiger partial charge on any atom is 0.290 e. The summed E-state index contributed by atoms with van der Waals surface area (Å²) in [6.45, 7) is 7.39. The summed E-state index contributed by atoms with van der Waals surface area (Å²) >= 11 is 6.26. The number of carbonyl (C=O) groups excluding carboxylic acids is 2. The number of carbonyl (C=O) groups is 2. The van der Waals surface area contributed by atoms with Gasteiger partial charge in [0.05, 0.1) is 17.5 Å². The standard InChI is InChI=1S/C23H29ClN2O3/c1-3-25(4-2)12-13-26-20(15-8-7-9-16(24)14-15)19-21(27)17-10-5-6-11-18(17)29-22(19)23(26)28/h7-9,14,17-18,20H,3-6,10-13H2,1-2H3. The van der Waals surface area contributed by atoms with E-state index in [4.69, 9.17) is 16.3 Å². The summed E-state index contributed by atoms with van der Waals surface area (Å²) in [6, 6.07) is 7.08. The van der Waals surface area contributed by atoms with Gasteiger partial charge in [-0.25, -0.2) is 0 Å². The van der Waals surface area contributed by atoms with Crippen LogP contribution >= 0.6 is 11.6 Å². The molecule has 3 unspecified atom stereocenters. The fourth-order valence-corrected chi connectivity index (χ4v) is 5.13. The van der Waals surface area contributed by atoms with Gasteiger partial charge in [-0.3, -0.25) is 9.59 Å². The normalized spacial score (nSPS) is 26.6. The van der Waals surface area contributed by atoms with Crippen molar-refractivity contribution in [2.75, 3.05) is 26.2 Å². The second-order valence-electron chi connectivity index (χ2n) is 8.14. The van der Waals surface area contributed by atoms with E-state index >= 15 is 0 Å². The third kappa shape index (κ3) is 3.71. The molecule has 1 aromatic carbocycles. The quantitative estimate of drug-likeness (QED) is 0.703. The highest BCUT2D eigenvalue weighted by Gasteiger charge is 2.51. The van der Waals surface area contributed by atoms with Crippen LogP contribution in [0.25, 0.3) is 0 Å². The molecule has 2 aliphatic heterocycles. The van der Waals surface area contributed by atoms with Crippen LogP contribution in [0.3, 0.4) is 0 Å². The highest BCUT2D eigenvalue weighted by atomic mass is 35.5. The summed E-state index contributed by atoms with van der Waals surface area (Å²) < 4.78 is 6.19. The van der Waals surface area contributed by atoms with E-state index in [2.05, 4.69) is 18.7 Å². The lowest BCUT2D eigenvalue weighted by Gasteiger charge is -2.35. The first-order chi connectivity index (χ1) is 14.0. The van der Waals surface area contributed by atoms with Gasteiger partial charge < -0.3 is 14.5 Å². The second-order valence-corrected chi connectivity index (χ2v) is 8.57. The first kappa shape index (κ1) is 20.4. The molecule has 4 rings (SSSR count). The molecule has 1 amide bonds. The van der Waals surface area contributed by atoms with E-state index in [1.165, 1.54) is 0 Å².